The Kier molecular flexibility index (Phi) is 3.25. The Balaban J connectivity index is 1.63. The topological polar surface area (TPSA) is 43.9 Å². The number of nitrogens with zero attached hydrogens (tertiary/aromatic N) is 3. The summed E-state index contributed by atoms with van der Waals surface area (Å²) >= 11 is 0. The number of fused-ring (bicyclic) bond motifs is 5. The first kappa shape index (κ1) is 16.7. The van der Waals surface area contributed by atoms with E-state index in [-0.39, 0.29) is 22.4 Å². The van der Waals surface area contributed by atoms with Crippen LogP contribution in [0.4, 0.5) is 8.78 Å². The molecule has 0 unspecified atom stereocenters. The lowest BCUT2D eigenvalue weighted by molar-refractivity contribution is 0.329. The average molecular weight is 369 g/mol. The molecule has 2 atom stereocenters. The maximum Gasteiger partial charge on any atom is 0.205 e. The van der Waals surface area contributed by atoms with Crippen molar-refractivity contribution in [3.8, 4) is 5.69 Å². The average Bonchev–Trinajstić information content (AvgIpc) is 3.35. The molecule has 0 aliphatic heterocycles. The fourth-order valence-electron chi connectivity index (χ4n) is 4.64. The highest BCUT2D eigenvalue weighted by Crippen LogP contribution is 2.60. The molecule has 140 valence electrons. The molecular formula is C21H21F2N3O. The minimum atomic E-state index is -0.608. The first-order chi connectivity index (χ1) is 12.8. The van der Waals surface area contributed by atoms with Gasteiger partial charge in [-0.15, -0.1) is 0 Å². The van der Waals surface area contributed by atoms with Crippen molar-refractivity contribution in [2.45, 2.75) is 56.8 Å². The molecule has 4 nitrogen and oxygen atoms in total. The van der Waals surface area contributed by atoms with Crippen LogP contribution in [0, 0.1) is 11.6 Å². The van der Waals surface area contributed by atoms with E-state index in [9.17, 15) is 8.78 Å². The summed E-state index contributed by atoms with van der Waals surface area (Å²) < 4.78 is 35.5. The minimum Gasteiger partial charge on any atom is -0.444 e. The second-order valence-corrected chi connectivity index (χ2v) is 8.75. The molecule has 6 heteroatoms. The van der Waals surface area contributed by atoms with E-state index < -0.39 is 11.6 Å². The number of oxazole rings is 1. The normalized spacial score (nSPS) is 23.8. The molecule has 5 rings (SSSR count). The molecule has 0 saturated heterocycles. The highest BCUT2D eigenvalue weighted by molar-refractivity contribution is 5.49. The van der Waals surface area contributed by atoms with Crippen LogP contribution in [0.3, 0.4) is 0 Å². The third-order valence-corrected chi connectivity index (χ3v) is 6.02. The van der Waals surface area contributed by atoms with Gasteiger partial charge in [-0.2, -0.15) is 5.10 Å². The minimum absolute atomic E-state index is 0.108. The predicted molar refractivity (Wildman–Crippen MR) is 96.1 cm³/mol. The molecule has 27 heavy (non-hydrogen) atoms. The van der Waals surface area contributed by atoms with Gasteiger partial charge in [-0.05, 0) is 31.4 Å². The summed E-state index contributed by atoms with van der Waals surface area (Å²) in [6.07, 6.45) is 6.45. The highest BCUT2D eigenvalue weighted by atomic mass is 19.1. The van der Waals surface area contributed by atoms with Gasteiger partial charge in [0.2, 0.25) is 5.89 Å². The molecule has 2 aromatic heterocycles. The third-order valence-electron chi connectivity index (χ3n) is 6.02. The molecule has 1 saturated carbocycles. The van der Waals surface area contributed by atoms with E-state index in [0.717, 1.165) is 48.2 Å². The van der Waals surface area contributed by atoms with Gasteiger partial charge in [-0.25, -0.2) is 18.4 Å². The van der Waals surface area contributed by atoms with E-state index in [1.54, 1.807) is 10.9 Å². The Morgan fingerprint density at radius 3 is 2.74 bits per heavy atom. The zero-order chi connectivity index (χ0) is 19.0. The standard InChI is InChI=1S/C21H21F2N3O/c1-20(2,3)17-11-24-19(27-17)21-7-6-12(9-21)18-14(21)10-25-26(18)16-5-4-13(22)8-15(16)23/h4-5,8,10-12H,6-7,9H2,1-3H3/t12-,21+/m1/s1. The number of benzene rings is 1. The fourth-order valence-corrected chi connectivity index (χ4v) is 4.64. The van der Waals surface area contributed by atoms with Crippen LogP contribution in [0.1, 0.15) is 68.9 Å². The Morgan fingerprint density at radius 1 is 1.22 bits per heavy atom. The van der Waals surface area contributed by atoms with Crippen molar-refractivity contribution in [3.05, 3.63) is 65.1 Å². The summed E-state index contributed by atoms with van der Waals surface area (Å²) in [5.41, 5.74) is 1.94. The first-order valence-electron chi connectivity index (χ1n) is 9.30. The lowest BCUT2D eigenvalue weighted by Crippen LogP contribution is -2.22. The van der Waals surface area contributed by atoms with Crippen molar-refractivity contribution in [3.63, 3.8) is 0 Å². The largest absolute Gasteiger partial charge is 0.444 e. The number of hydrogen-bond acceptors (Lipinski definition) is 3. The van der Waals surface area contributed by atoms with E-state index in [4.69, 9.17) is 4.42 Å². The van der Waals surface area contributed by atoms with E-state index in [1.165, 1.54) is 12.1 Å². The van der Waals surface area contributed by atoms with Gasteiger partial charge in [0.15, 0.2) is 5.82 Å². The zero-order valence-electron chi connectivity index (χ0n) is 15.6. The van der Waals surface area contributed by atoms with E-state index >= 15 is 0 Å². The molecule has 1 aromatic carbocycles. The van der Waals surface area contributed by atoms with Gasteiger partial charge in [0.25, 0.3) is 0 Å². The van der Waals surface area contributed by atoms with Crippen LogP contribution in [-0.4, -0.2) is 14.8 Å². The van der Waals surface area contributed by atoms with Crippen LogP contribution >= 0.6 is 0 Å². The molecule has 0 amide bonds. The number of hydrogen-bond donors (Lipinski definition) is 0. The summed E-state index contributed by atoms with van der Waals surface area (Å²) in [4.78, 5) is 4.62. The van der Waals surface area contributed by atoms with Crippen LogP contribution in [0.5, 0.6) is 0 Å². The predicted octanol–water partition coefficient (Wildman–Crippen LogP) is 5.00. The maximum atomic E-state index is 14.3. The molecule has 0 radical (unpaired) electrons. The quantitative estimate of drug-likeness (QED) is 0.638. The molecular weight excluding hydrogens is 348 g/mol. The van der Waals surface area contributed by atoms with Crippen molar-refractivity contribution in [2.75, 3.05) is 0 Å². The summed E-state index contributed by atoms with van der Waals surface area (Å²) in [6.45, 7) is 6.30. The fraction of sp³-hybridized carbons (Fsp3) is 0.429. The Labute approximate surface area is 156 Å². The first-order valence-corrected chi connectivity index (χ1v) is 9.30. The van der Waals surface area contributed by atoms with Gasteiger partial charge < -0.3 is 4.42 Å². The third kappa shape index (κ3) is 2.25. The Morgan fingerprint density at radius 2 is 2.04 bits per heavy atom. The molecule has 0 spiro atoms. The van der Waals surface area contributed by atoms with Crippen LogP contribution < -0.4 is 0 Å². The van der Waals surface area contributed by atoms with Crippen LogP contribution in [-0.2, 0) is 10.8 Å². The SMILES string of the molecule is CC(C)(C)c1cnc([C@@]23CC[C@H](C2)c2c3cnn2-c2ccc(F)cc2F)o1. The second kappa shape index (κ2) is 5.27. The number of aromatic nitrogens is 3. The summed E-state index contributed by atoms with van der Waals surface area (Å²) in [5.74, 6) is 0.668. The van der Waals surface area contributed by atoms with E-state index in [1.807, 2.05) is 6.20 Å². The summed E-state index contributed by atoms with van der Waals surface area (Å²) in [6, 6.07) is 3.61. The van der Waals surface area contributed by atoms with E-state index in [0.29, 0.717) is 0 Å². The molecule has 2 aliphatic rings. The van der Waals surface area contributed by atoms with Crippen molar-refractivity contribution in [1.29, 1.82) is 0 Å². The van der Waals surface area contributed by atoms with Gasteiger partial charge in [0, 0.05) is 23.0 Å². The maximum absolute atomic E-state index is 14.3. The van der Waals surface area contributed by atoms with Gasteiger partial charge >= 0.3 is 0 Å². The van der Waals surface area contributed by atoms with Crippen molar-refractivity contribution < 1.29 is 13.2 Å². The van der Waals surface area contributed by atoms with Gasteiger partial charge in [0.05, 0.1) is 23.5 Å². The van der Waals surface area contributed by atoms with Gasteiger partial charge in [0.1, 0.15) is 17.3 Å². The lowest BCUT2D eigenvalue weighted by Gasteiger charge is -2.23. The molecule has 2 bridgehead atoms. The zero-order valence-corrected chi connectivity index (χ0v) is 15.6. The van der Waals surface area contributed by atoms with Crippen molar-refractivity contribution >= 4 is 0 Å². The van der Waals surface area contributed by atoms with E-state index in [2.05, 4.69) is 30.9 Å². The summed E-state index contributed by atoms with van der Waals surface area (Å²) in [7, 11) is 0. The monoisotopic (exact) mass is 369 g/mol. The van der Waals surface area contributed by atoms with Crippen molar-refractivity contribution in [1.82, 2.24) is 14.8 Å². The second-order valence-electron chi connectivity index (χ2n) is 8.75. The molecule has 3 aromatic rings. The molecule has 2 aliphatic carbocycles. The smallest absolute Gasteiger partial charge is 0.205 e. The van der Waals surface area contributed by atoms with Crippen LogP contribution in [0.15, 0.2) is 35.0 Å². The Hall–Kier alpha value is -2.50. The highest BCUT2D eigenvalue weighted by Gasteiger charge is 2.55. The van der Waals surface area contributed by atoms with Gasteiger partial charge in [-0.3, -0.25) is 0 Å². The molecule has 1 fully saturated rings. The Bertz CT molecular complexity index is 1050. The molecule has 0 N–H and O–H groups in total. The summed E-state index contributed by atoms with van der Waals surface area (Å²) in [5, 5.41) is 4.45. The van der Waals surface area contributed by atoms with Crippen molar-refractivity contribution in [2.24, 2.45) is 0 Å². The van der Waals surface area contributed by atoms with Crippen LogP contribution in [0.2, 0.25) is 0 Å². The lowest BCUT2D eigenvalue weighted by atomic mass is 9.81. The molecule has 2 heterocycles. The number of rotatable bonds is 2. The number of halogens is 2. The van der Waals surface area contributed by atoms with Crippen LogP contribution in [0.25, 0.3) is 5.69 Å². The van der Waals surface area contributed by atoms with Gasteiger partial charge in [-0.1, -0.05) is 20.8 Å².